The van der Waals surface area contributed by atoms with Gasteiger partial charge in [-0.15, -0.1) is 0 Å². The van der Waals surface area contributed by atoms with Gasteiger partial charge in [0.2, 0.25) is 0 Å². The predicted octanol–water partition coefficient (Wildman–Crippen LogP) is 5.29. The van der Waals surface area contributed by atoms with Gasteiger partial charge in [-0.1, -0.05) is 29.8 Å². The molecule has 2 amide bonds. The third-order valence-corrected chi connectivity index (χ3v) is 6.40. The normalized spacial score (nSPS) is 12.9. The lowest BCUT2D eigenvalue weighted by Crippen LogP contribution is -2.24. The van der Waals surface area contributed by atoms with E-state index in [0.717, 1.165) is 35.3 Å². The van der Waals surface area contributed by atoms with Crippen molar-refractivity contribution in [3.63, 3.8) is 0 Å². The number of aromatic nitrogens is 3. The molecule has 2 N–H and O–H groups in total. The van der Waals surface area contributed by atoms with Crippen molar-refractivity contribution in [2.45, 2.75) is 32.2 Å². The molecule has 0 bridgehead atoms. The summed E-state index contributed by atoms with van der Waals surface area (Å²) in [4.78, 5) is 29.5. The summed E-state index contributed by atoms with van der Waals surface area (Å²) in [5.74, 6) is -0.0843. The highest BCUT2D eigenvalue weighted by Crippen LogP contribution is 2.42. The lowest BCUT2D eigenvalue weighted by atomic mass is 10.1. The summed E-state index contributed by atoms with van der Waals surface area (Å²) in [6, 6.07) is 16.5. The topological polar surface area (TPSA) is 88.9 Å². The number of halogens is 1. The third kappa shape index (κ3) is 5.10. The number of hydrogen-bond acceptors (Lipinski definition) is 4. The van der Waals surface area contributed by atoms with E-state index in [0.29, 0.717) is 34.3 Å². The summed E-state index contributed by atoms with van der Waals surface area (Å²) < 4.78 is 1.83. The Hall–Kier alpha value is -3.97. The monoisotopic (exact) mass is 485 g/mol. The minimum atomic E-state index is -0.216. The average Bonchev–Trinajstić information content (AvgIpc) is 3.62. The molecule has 0 saturated heterocycles. The van der Waals surface area contributed by atoms with Crippen LogP contribution in [0.3, 0.4) is 0 Å². The van der Waals surface area contributed by atoms with Crippen molar-refractivity contribution in [3.8, 4) is 5.69 Å². The van der Waals surface area contributed by atoms with Crippen molar-refractivity contribution in [2.24, 2.45) is 0 Å². The molecule has 5 rings (SSSR count). The number of anilines is 1. The fraction of sp³-hybridized carbons (Fsp3) is 0.185. The van der Waals surface area contributed by atoms with Crippen LogP contribution in [0, 0.1) is 6.92 Å². The van der Waals surface area contributed by atoms with Crippen LogP contribution in [0.4, 0.5) is 5.69 Å². The summed E-state index contributed by atoms with van der Waals surface area (Å²) >= 11 is 6.33. The van der Waals surface area contributed by atoms with Crippen LogP contribution in [0.25, 0.3) is 5.69 Å². The number of amides is 2. The number of benzene rings is 2. The maximum atomic E-state index is 13.1. The second-order valence-corrected chi connectivity index (χ2v) is 9.04. The molecule has 4 aromatic rings. The quantitative estimate of drug-likeness (QED) is 0.372. The molecule has 2 aromatic heterocycles. The molecule has 1 aliphatic carbocycles. The summed E-state index contributed by atoms with van der Waals surface area (Å²) in [7, 11) is 0. The van der Waals surface area contributed by atoms with Crippen molar-refractivity contribution < 1.29 is 9.59 Å². The molecule has 0 spiro atoms. The number of carbonyl (C=O) groups excluding carboxylic acids is 2. The zero-order chi connectivity index (χ0) is 24.4. The zero-order valence-corrected chi connectivity index (χ0v) is 19.9. The first-order valence-electron chi connectivity index (χ1n) is 11.4. The Morgan fingerprint density at radius 2 is 1.86 bits per heavy atom. The predicted molar refractivity (Wildman–Crippen MR) is 135 cm³/mol. The van der Waals surface area contributed by atoms with Crippen LogP contribution >= 0.6 is 11.6 Å². The van der Waals surface area contributed by atoms with Crippen LogP contribution in [-0.4, -0.2) is 26.6 Å². The van der Waals surface area contributed by atoms with E-state index in [1.54, 1.807) is 30.7 Å². The first-order chi connectivity index (χ1) is 17.0. The molecule has 176 valence electrons. The van der Waals surface area contributed by atoms with E-state index >= 15 is 0 Å². The van der Waals surface area contributed by atoms with Gasteiger partial charge in [0.1, 0.15) is 0 Å². The highest BCUT2D eigenvalue weighted by Gasteiger charge is 2.33. The molecule has 0 atom stereocenters. The zero-order valence-electron chi connectivity index (χ0n) is 19.2. The first kappa shape index (κ1) is 22.8. The van der Waals surface area contributed by atoms with Crippen molar-refractivity contribution in [2.75, 3.05) is 5.32 Å². The molecule has 1 saturated carbocycles. The summed E-state index contributed by atoms with van der Waals surface area (Å²) in [5, 5.41) is 11.1. The van der Waals surface area contributed by atoms with E-state index in [2.05, 4.69) is 20.7 Å². The molecule has 2 aromatic carbocycles. The van der Waals surface area contributed by atoms with Gasteiger partial charge in [-0.05, 0) is 67.3 Å². The molecule has 2 heterocycles. The number of carbonyl (C=O) groups is 2. The highest BCUT2D eigenvalue weighted by molar-refractivity contribution is 6.31. The Bertz CT molecular complexity index is 1400. The van der Waals surface area contributed by atoms with Crippen LogP contribution in [0.15, 0.2) is 73.2 Å². The molecule has 1 fully saturated rings. The van der Waals surface area contributed by atoms with Gasteiger partial charge >= 0.3 is 0 Å². The van der Waals surface area contributed by atoms with Crippen molar-refractivity contribution in [1.29, 1.82) is 0 Å². The number of hydrogen-bond donors (Lipinski definition) is 2. The second kappa shape index (κ2) is 9.72. The van der Waals surface area contributed by atoms with Gasteiger partial charge in [0.25, 0.3) is 11.8 Å². The SMILES string of the molecule is Cc1ccc(-n2ncc(C(=O)NCc3cccc(NC(=O)c4ccncc4)c3)c2C2CC2)cc1Cl. The number of rotatable bonds is 7. The largest absolute Gasteiger partial charge is 0.348 e. The molecule has 35 heavy (non-hydrogen) atoms. The fourth-order valence-electron chi connectivity index (χ4n) is 3.94. The minimum absolute atomic E-state index is 0.178. The fourth-order valence-corrected chi connectivity index (χ4v) is 4.12. The van der Waals surface area contributed by atoms with Crippen LogP contribution in [0.1, 0.15) is 56.3 Å². The Morgan fingerprint density at radius 3 is 2.60 bits per heavy atom. The van der Waals surface area contributed by atoms with Gasteiger partial charge in [0, 0.05) is 41.1 Å². The second-order valence-electron chi connectivity index (χ2n) is 8.64. The molecular formula is C27H24ClN5O2. The molecule has 7 nitrogen and oxygen atoms in total. The molecule has 0 unspecified atom stereocenters. The number of nitrogens with one attached hydrogen (secondary N) is 2. The molecular weight excluding hydrogens is 462 g/mol. The molecule has 0 aliphatic heterocycles. The van der Waals surface area contributed by atoms with Crippen molar-refractivity contribution in [3.05, 3.63) is 106 Å². The van der Waals surface area contributed by atoms with Crippen LogP contribution < -0.4 is 10.6 Å². The minimum Gasteiger partial charge on any atom is -0.348 e. The van der Waals surface area contributed by atoms with Gasteiger partial charge in [-0.2, -0.15) is 5.10 Å². The van der Waals surface area contributed by atoms with E-state index in [4.69, 9.17) is 11.6 Å². The van der Waals surface area contributed by atoms with E-state index in [-0.39, 0.29) is 11.8 Å². The summed E-state index contributed by atoms with van der Waals surface area (Å²) in [6.07, 6.45) is 6.84. The molecule has 1 aliphatic rings. The van der Waals surface area contributed by atoms with Crippen molar-refractivity contribution in [1.82, 2.24) is 20.1 Å². The first-order valence-corrected chi connectivity index (χ1v) is 11.8. The Labute approximate surface area is 208 Å². The maximum absolute atomic E-state index is 13.1. The lowest BCUT2D eigenvalue weighted by Gasteiger charge is -2.11. The van der Waals surface area contributed by atoms with Gasteiger partial charge in [-0.25, -0.2) is 4.68 Å². The maximum Gasteiger partial charge on any atom is 0.255 e. The number of nitrogens with zero attached hydrogens (tertiary/aromatic N) is 3. The van der Waals surface area contributed by atoms with E-state index in [1.165, 1.54) is 0 Å². The Balaban J connectivity index is 1.29. The van der Waals surface area contributed by atoms with Crippen LogP contribution in [0.2, 0.25) is 5.02 Å². The standard InChI is InChI=1S/C27H24ClN5O2/c1-17-5-8-22(14-24(17)28)33-25(19-6-7-19)23(16-31-33)27(35)30-15-18-3-2-4-21(13-18)32-26(34)20-9-11-29-12-10-20/h2-5,8-14,16,19H,6-7,15H2,1H3,(H,30,35)(H,32,34). The van der Waals surface area contributed by atoms with Crippen LogP contribution in [0.5, 0.6) is 0 Å². The van der Waals surface area contributed by atoms with Crippen molar-refractivity contribution >= 4 is 29.1 Å². The summed E-state index contributed by atoms with van der Waals surface area (Å²) in [6.45, 7) is 2.28. The Kier molecular flexibility index (Phi) is 6.33. The van der Waals surface area contributed by atoms with Gasteiger partial charge in [0.05, 0.1) is 23.1 Å². The van der Waals surface area contributed by atoms with Crippen LogP contribution in [-0.2, 0) is 6.54 Å². The Morgan fingerprint density at radius 1 is 1.06 bits per heavy atom. The third-order valence-electron chi connectivity index (χ3n) is 6.00. The van der Waals surface area contributed by atoms with Gasteiger partial charge in [0.15, 0.2) is 0 Å². The average molecular weight is 486 g/mol. The lowest BCUT2D eigenvalue weighted by molar-refractivity contribution is 0.0949. The number of pyridine rings is 1. The van der Waals surface area contributed by atoms with Gasteiger partial charge < -0.3 is 10.6 Å². The van der Waals surface area contributed by atoms with E-state index < -0.39 is 0 Å². The molecule has 8 heteroatoms. The summed E-state index contributed by atoms with van der Waals surface area (Å²) in [5.41, 5.74) is 5.38. The smallest absolute Gasteiger partial charge is 0.255 e. The van der Waals surface area contributed by atoms with E-state index in [1.807, 2.05) is 54.1 Å². The number of aryl methyl sites for hydroxylation is 1. The highest BCUT2D eigenvalue weighted by atomic mass is 35.5. The van der Waals surface area contributed by atoms with Gasteiger partial charge in [-0.3, -0.25) is 14.6 Å². The molecule has 0 radical (unpaired) electrons. The van der Waals surface area contributed by atoms with E-state index in [9.17, 15) is 9.59 Å².